The Balaban J connectivity index is 2.20. The molecule has 0 radical (unpaired) electrons. The van der Waals surface area contributed by atoms with Gasteiger partial charge in [-0.1, -0.05) is 6.08 Å². The van der Waals surface area contributed by atoms with Crippen LogP contribution in [-0.2, 0) is 9.59 Å². The van der Waals surface area contributed by atoms with E-state index in [0.29, 0.717) is 6.42 Å². The third-order valence-electron chi connectivity index (χ3n) is 3.18. The molecule has 0 aromatic heterocycles. The molecule has 1 amide bonds. The van der Waals surface area contributed by atoms with Crippen LogP contribution in [0.4, 0.5) is 5.69 Å². The predicted octanol–water partition coefficient (Wildman–Crippen LogP) is 1.80. The van der Waals surface area contributed by atoms with E-state index in [2.05, 4.69) is 6.58 Å². The molecule has 1 aromatic carbocycles. The lowest BCUT2D eigenvalue weighted by Gasteiger charge is -2.44. The first-order valence-electron chi connectivity index (χ1n) is 5.76. The van der Waals surface area contributed by atoms with Crippen LogP contribution < -0.4 is 9.64 Å². The van der Waals surface area contributed by atoms with Crippen LogP contribution >= 0.6 is 0 Å². The third kappa shape index (κ3) is 1.90. The minimum absolute atomic E-state index is 0.0304. The molecule has 1 heterocycles. The molecular weight excluding hydrogens is 230 g/mol. The number of ether oxygens (including phenoxy) is 1. The summed E-state index contributed by atoms with van der Waals surface area (Å²) in [5.74, 6) is 0.427. The van der Waals surface area contributed by atoms with Crippen LogP contribution in [0.5, 0.6) is 5.75 Å². The molecule has 4 heteroatoms. The van der Waals surface area contributed by atoms with Gasteiger partial charge < -0.3 is 14.4 Å². The second-order valence-corrected chi connectivity index (χ2v) is 4.16. The number of carbonyl (C=O) groups excluding carboxylic acids is 2. The maximum absolute atomic E-state index is 12.0. The van der Waals surface area contributed by atoms with Gasteiger partial charge >= 0.3 is 0 Å². The number of β-lactam (4-membered cyclic amide) rings is 1. The monoisotopic (exact) mass is 245 g/mol. The summed E-state index contributed by atoms with van der Waals surface area (Å²) < 4.78 is 5.05. The summed E-state index contributed by atoms with van der Waals surface area (Å²) in [5, 5.41) is 0. The smallest absolute Gasteiger partial charge is 0.233 e. The van der Waals surface area contributed by atoms with Crippen molar-refractivity contribution in [1.82, 2.24) is 0 Å². The van der Waals surface area contributed by atoms with Crippen molar-refractivity contribution in [1.29, 1.82) is 0 Å². The van der Waals surface area contributed by atoms with Crippen molar-refractivity contribution in [2.45, 2.75) is 12.5 Å². The minimum atomic E-state index is -0.385. The quantitative estimate of drug-likeness (QED) is 0.451. The molecule has 0 saturated carbocycles. The van der Waals surface area contributed by atoms with Crippen LogP contribution in [0.3, 0.4) is 0 Å². The first-order valence-corrected chi connectivity index (χ1v) is 5.76. The van der Waals surface area contributed by atoms with Gasteiger partial charge in [-0.3, -0.25) is 4.79 Å². The maximum Gasteiger partial charge on any atom is 0.233 e. The largest absolute Gasteiger partial charge is 0.497 e. The Hall–Kier alpha value is -2.10. The Labute approximate surface area is 106 Å². The van der Waals surface area contributed by atoms with E-state index in [0.717, 1.165) is 17.7 Å². The average Bonchev–Trinajstić information content (AvgIpc) is 2.42. The molecular formula is C14H15NO3. The van der Waals surface area contributed by atoms with Crippen LogP contribution in [0.1, 0.15) is 6.42 Å². The molecule has 2 rings (SSSR count). The Morgan fingerprint density at radius 1 is 1.39 bits per heavy atom. The first kappa shape index (κ1) is 12.4. The topological polar surface area (TPSA) is 46.6 Å². The normalized spacial score (nSPS) is 22.3. The molecule has 0 spiro atoms. The van der Waals surface area contributed by atoms with Crippen LogP contribution in [0.15, 0.2) is 36.9 Å². The lowest BCUT2D eigenvalue weighted by Crippen LogP contribution is -2.62. The number of nitrogens with zero attached hydrogens (tertiary/aromatic N) is 1. The van der Waals surface area contributed by atoms with Crippen LogP contribution in [0, 0.1) is 5.92 Å². The summed E-state index contributed by atoms with van der Waals surface area (Å²) in [6.07, 6.45) is 3.03. The molecule has 1 saturated heterocycles. The van der Waals surface area contributed by atoms with Gasteiger partial charge in [-0.15, -0.1) is 6.58 Å². The van der Waals surface area contributed by atoms with E-state index >= 15 is 0 Å². The van der Waals surface area contributed by atoms with E-state index in [1.807, 2.05) is 0 Å². The van der Waals surface area contributed by atoms with Gasteiger partial charge in [0.25, 0.3) is 0 Å². The first-order chi connectivity index (χ1) is 8.72. The molecule has 0 N–H and O–H groups in total. The summed E-state index contributed by atoms with van der Waals surface area (Å²) in [5.41, 5.74) is 0.721. The zero-order valence-corrected chi connectivity index (χ0v) is 10.2. The van der Waals surface area contributed by atoms with Crippen molar-refractivity contribution in [3.63, 3.8) is 0 Å². The lowest BCUT2D eigenvalue weighted by atomic mass is 9.85. The van der Waals surface area contributed by atoms with Gasteiger partial charge in [-0.05, 0) is 30.7 Å². The highest BCUT2D eigenvalue weighted by Gasteiger charge is 2.46. The highest BCUT2D eigenvalue weighted by molar-refractivity contribution is 6.08. The second-order valence-electron chi connectivity index (χ2n) is 4.16. The Morgan fingerprint density at radius 3 is 2.56 bits per heavy atom. The Bertz CT molecular complexity index is 466. The molecule has 4 nitrogen and oxygen atoms in total. The van der Waals surface area contributed by atoms with Gasteiger partial charge in [-0.25, -0.2) is 0 Å². The van der Waals surface area contributed by atoms with Crippen LogP contribution in [0.2, 0.25) is 0 Å². The van der Waals surface area contributed by atoms with Gasteiger partial charge in [0.15, 0.2) is 0 Å². The van der Waals surface area contributed by atoms with Crippen molar-refractivity contribution in [2.24, 2.45) is 5.92 Å². The zero-order chi connectivity index (χ0) is 13.1. The summed E-state index contributed by atoms with van der Waals surface area (Å²) in [6, 6.07) is 6.70. The van der Waals surface area contributed by atoms with E-state index in [9.17, 15) is 9.59 Å². The van der Waals surface area contributed by atoms with Crippen molar-refractivity contribution >= 4 is 17.9 Å². The van der Waals surface area contributed by atoms with Gasteiger partial charge in [0, 0.05) is 5.69 Å². The molecule has 2 atom stereocenters. The van der Waals surface area contributed by atoms with E-state index < -0.39 is 0 Å². The highest BCUT2D eigenvalue weighted by Crippen LogP contribution is 2.34. The summed E-state index contributed by atoms with van der Waals surface area (Å²) in [4.78, 5) is 24.6. The molecule has 1 aromatic rings. The number of benzene rings is 1. The third-order valence-corrected chi connectivity index (χ3v) is 3.18. The molecule has 18 heavy (non-hydrogen) atoms. The molecule has 94 valence electrons. The average molecular weight is 245 g/mol. The standard InChI is InChI=1S/C14H15NO3/c1-3-4-12-13(9-16)15(14(12)17)10-5-7-11(18-2)8-6-10/h3,5-9,12-13H,1,4H2,2H3/t12-,13+/m0/s1. The number of rotatable bonds is 5. The fourth-order valence-electron chi connectivity index (χ4n) is 2.19. The SMILES string of the molecule is C=CC[C@@H]1C(=O)N(c2ccc(OC)cc2)[C@@H]1C=O. The number of carbonyl (C=O) groups is 2. The van der Waals surface area contributed by atoms with Crippen LogP contribution in [0.25, 0.3) is 0 Å². The number of hydrogen-bond acceptors (Lipinski definition) is 3. The number of allylic oxidation sites excluding steroid dienone is 1. The Morgan fingerprint density at radius 2 is 2.06 bits per heavy atom. The van der Waals surface area contributed by atoms with Crippen molar-refractivity contribution in [3.8, 4) is 5.75 Å². The molecule has 0 aliphatic carbocycles. The van der Waals surface area contributed by atoms with Gasteiger partial charge in [0.1, 0.15) is 18.1 Å². The predicted molar refractivity (Wildman–Crippen MR) is 68.6 cm³/mol. The summed E-state index contributed by atoms with van der Waals surface area (Å²) in [7, 11) is 1.58. The van der Waals surface area contributed by atoms with Crippen molar-refractivity contribution in [2.75, 3.05) is 12.0 Å². The minimum Gasteiger partial charge on any atom is -0.497 e. The number of aldehydes is 1. The fourth-order valence-corrected chi connectivity index (χ4v) is 2.19. The number of methoxy groups -OCH3 is 1. The number of amides is 1. The van der Waals surface area contributed by atoms with E-state index in [1.165, 1.54) is 4.90 Å². The Kier molecular flexibility index (Phi) is 3.46. The van der Waals surface area contributed by atoms with Crippen LogP contribution in [-0.4, -0.2) is 25.3 Å². The van der Waals surface area contributed by atoms with Gasteiger partial charge in [0.2, 0.25) is 5.91 Å². The van der Waals surface area contributed by atoms with Crippen molar-refractivity contribution in [3.05, 3.63) is 36.9 Å². The zero-order valence-electron chi connectivity index (χ0n) is 10.2. The lowest BCUT2D eigenvalue weighted by molar-refractivity contribution is -0.133. The fraction of sp³-hybridized carbons (Fsp3) is 0.286. The van der Waals surface area contributed by atoms with E-state index in [4.69, 9.17) is 4.74 Å². The highest BCUT2D eigenvalue weighted by atomic mass is 16.5. The van der Waals surface area contributed by atoms with Gasteiger partial charge in [-0.2, -0.15) is 0 Å². The number of anilines is 1. The summed E-state index contributed by atoms with van der Waals surface area (Å²) >= 11 is 0. The van der Waals surface area contributed by atoms with Crippen molar-refractivity contribution < 1.29 is 14.3 Å². The molecule has 0 bridgehead atoms. The molecule has 0 unspecified atom stereocenters. The maximum atomic E-state index is 12.0. The molecule has 1 aliphatic heterocycles. The molecule has 1 aliphatic rings. The molecule has 1 fully saturated rings. The number of hydrogen-bond donors (Lipinski definition) is 0. The van der Waals surface area contributed by atoms with E-state index in [1.54, 1.807) is 37.5 Å². The summed E-state index contributed by atoms with van der Waals surface area (Å²) in [6.45, 7) is 3.60. The second kappa shape index (κ2) is 5.04. The van der Waals surface area contributed by atoms with Gasteiger partial charge in [0.05, 0.1) is 13.0 Å². The van der Waals surface area contributed by atoms with E-state index in [-0.39, 0.29) is 17.9 Å².